The van der Waals surface area contributed by atoms with Gasteiger partial charge in [0.1, 0.15) is 0 Å². The minimum absolute atomic E-state index is 0.0576. The van der Waals surface area contributed by atoms with E-state index in [0.29, 0.717) is 33.7 Å². The third-order valence-electron chi connectivity index (χ3n) is 5.41. The Labute approximate surface area is 202 Å². The van der Waals surface area contributed by atoms with E-state index >= 15 is 0 Å². The fourth-order valence-electron chi connectivity index (χ4n) is 3.97. The molecule has 7 nitrogen and oxygen atoms in total. The first kappa shape index (κ1) is 23.3. The quantitative estimate of drug-likeness (QED) is 0.418. The number of hydrogen-bond acceptors (Lipinski definition) is 4. The molecule has 33 heavy (non-hydrogen) atoms. The molecule has 2 aromatic carbocycles. The second kappa shape index (κ2) is 10.4. The fourth-order valence-corrected chi connectivity index (χ4v) is 4.50. The number of anilines is 3. The summed E-state index contributed by atoms with van der Waals surface area (Å²) in [7, 11) is 0. The number of urea groups is 1. The van der Waals surface area contributed by atoms with Crippen LogP contribution >= 0.6 is 23.2 Å². The standard InChI is InChI=1S/C24H25Cl2N5O2/c1-15-9-22(30-23(32)14-31-7-3-2-4-8-31)20-13-18(5-6-21(20)27-15)28-24(33)29-19-11-16(25)10-17(26)12-19/h5-6,9-13H,2-4,7-8,14H2,1H3,(H,27,30,32)(H2,28,29,33). The van der Waals surface area contributed by atoms with E-state index in [9.17, 15) is 9.59 Å². The number of rotatable bonds is 5. The second-order valence-electron chi connectivity index (χ2n) is 8.17. The Kier molecular flexibility index (Phi) is 7.33. The molecule has 1 aliphatic heterocycles. The van der Waals surface area contributed by atoms with Gasteiger partial charge in [-0.2, -0.15) is 0 Å². The maximum atomic E-state index is 12.7. The van der Waals surface area contributed by atoms with E-state index in [2.05, 4.69) is 25.8 Å². The molecule has 0 aliphatic carbocycles. The Hall–Kier alpha value is -2.87. The molecule has 2 heterocycles. The number of aromatic nitrogens is 1. The van der Waals surface area contributed by atoms with E-state index in [1.54, 1.807) is 30.3 Å². The minimum Gasteiger partial charge on any atom is -0.324 e. The van der Waals surface area contributed by atoms with Crippen molar-refractivity contribution in [3.63, 3.8) is 0 Å². The number of fused-ring (bicyclic) bond motifs is 1. The highest BCUT2D eigenvalue weighted by Gasteiger charge is 2.15. The van der Waals surface area contributed by atoms with Crippen molar-refractivity contribution in [2.45, 2.75) is 26.2 Å². The summed E-state index contributed by atoms with van der Waals surface area (Å²) >= 11 is 12.0. The molecule has 1 fully saturated rings. The van der Waals surface area contributed by atoms with Gasteiger partial charge in [0.15, 0.2) is 0 Å². The molecule has 0 spiro atoms. The van der Waals surface area contributed by atoms with Crippen LogP contribution in [0.15, 0.2) is 42.5 Å². The predicted molar refractivity (Wildman–Crippen MR) is 135 cm³/mol. The van der Waals surface area contributed by atoms with Crippen molar-refractivity contribution in [3.8, 4) is 0 Å². The van der Waals surface area contributed by atoms with E-state index in [-0.39, 0.29) is 5.91 Å². The summed E-state index contributed by atoms with van der Waals surface area (Å²) in [5.74, 6) is -0.0576. The number of hydrogen-bond donors (Lipinski definition) is 3. The highest BCUT2D eigenvalue weighted by Crippen LogP contribution is 2.27. The number of amides is 3. The van der Waals surface area contributed by atoms with Gasteiger partial charge in [-0.05, 0) is 75.3 Å². The van der Waals surface area contributed by atoms with Crippen molar-refractivity contribution in [1.82, 2.24) is 9.88 Å². The highest BCUT2D eigenvalue weighted by atomic mass is 35.5. The van der Waals surface area contributed by atoms with Gasteiger partial charge in [0.2, 0.25) is 5.91 Å². The Bertz CT molecular complexity index is 1170. The zero-order valence-corrected chi connectivity index (χ0v) is 19.8. The number of aryl methyl sites for hydroxylation is 1. The molecule has 3 aromatic rings. The van der Waals surface area contributed by atoms with Crippen molar-refractivity contribution in [1.29, 1.82) is 0 Å². The normalized spacial score (nSPS) is 14.2. The fraction of sp³-hybridized carbons (Fsp3) is 0.292. The van der Waals surface area contributed by atoms with Gasteiger partial charge < -0.3 is 16.0 Å². The maximum absolute atomic E-state index is 12.7. The van der Waals surface area contributed by atoms with Crippen molar-refractivity contribution in [2.75, 3.05) is 35.6 Å². The number of piperidine rings is 1. The molecule has 0 unspecified atom stereocenters. The summed E-state index contributed by atoms with van der Waals surface area (Å²) in [5.41, 5.74) is 3.24. The van der Waals surface area contributed by atoms with E-state index in [0.717, 1.165) is 42.5 Å². The van der Waals surface area contributed by atoms with Crippen LogP contribution in [0.5, 0.6) is 0 Å². The van der Waals surface area contributed by atoms with Crippen LogP contribution in [0.3, 0.4) is 0 Å². The zero-order valence-electron chi connectivity index (χ0n) is 18.3. The topological polar surface area (TPSA) is 86.4 Å². The Morgan fingerprint density at radius 3 is 2.33 bits per heavy atom. The van der Waals surface area contributed by atoms with Gasteiger partial charge in [-0.1, -0.05) is 29.6 Å². The SMILES string of the molecule is Cc1cc(NC(=O)CN2CCCCC2)c2cc(NC(=O)Nc3cc(Cl)cc(Cl)c3)ccc2n1. The number of carbonyl (C=O) groups is 2. The predicted octanol–water partition coefficient (Wildman–Crippen LogP) is 5.92. The Morgan fingerprint density at radius 1 is 0.909 bits per heavy atom. The Morgan fingerprint density at radius 2 is 1.61 bits per heavy atom. The van der Waals surface area contributed by atoms with E-state index < -0.39 is 6.03 Å². The summed E-state index contributed by atoms with van der Waals surface area (Å²) in [5, 5.41) is 10.1. The molecule has 4 rings (SSSR count). The third-order valence-corrected chi connectivity index (χ3v) is 5.84. The molecular formula is C24H25Cl2N5O2. The summed E-state index contributed by atoms with van der Waals surface area (Å²) in [6.45, 7) is 4.15. The summed E-state index contributed by atoms with van der Waals surface area (Å²) in [4.78, 5) is 31.9. The molecular weight excluding hydrogens is 461 g/mol. The molecule has 1 saturated heterocycles. The highest BCUT2D eigenvalue weighted by molar-refractivity contribution is 6.35. The summed E-state index contributed by atoms with van der Waals surface area (Å²) in [6.07, 6.45) is 3.48. The molecule has 0 radical (unpaired) electrons. The molecule has 0 saturated carbocycles. The van der Waals surface area contributed by atoms with Gasteiger partial charge in [-0.3, -0.25) is 14.7 Å². The number of nitrogens with one attached hydrogen (secondary N) is 3. The molecule has 1 aromatic heterocycles. The lowest BCUT2D eigenvalue weighted by Crippen LogP contribution is -2.36. The first-order chi connectivity index (χ1) is 15.9. The van der Waals surface area contributed by atoms with Gasteiger partial charge in [0.05, 0.1) is 17.7 Å². The van der Waals surface area contributed by atoms with E-state index in [1.165, 1.54) is 6.42 Å². The number of pyridine rings is 1. The lowest BCUT2D eigenvalue weighted by Gasteiger charge is -2.25. The molecule has 1 aliphatic rings. The van der Waals surface area contributed by atoms with Crippen LogP contribution in [-0.4, -0.2) is 41.5 Å². The number of likely N-dealkylation sites (tertiary alicyclic amines) is 1. The van der Waals surface area contributed by atoms with E-state index in [1.807, 2.05) is 19.1 Å². The van der Waals surface area contributed by atoms with Crippen molar-refractivity contribution < 1.29 is 9.59 Å². The van der Waals surface area contributed by atoms with Crippen LogP contribution in [0, 0.1) is 6.92 Å². The van der Waals surface area contributed by atoms with Crippen LogP contribution in [-0.2, 0) is 4.79 Å². The Balaban J connectivity index is 1.50. The molecule has 172 valence electrons. The third kappa shape index (κ3) is 6.35. The average molecular weight is 486 g/mol. The van der Waals surface area contributed by atoms with Crippen LogP contribution in [0.2, 0.25) is 10.0 Å². The number of halogens is 2. The van der Waals surface area contributed by atoms with Gasteiger partial charge >= 0.3 is 6.03 Å². The average Bonchev–Trinajstić information content (AvgIpc) is 2.74. The zero-order chi connectivity index (χ0) is 23.4. The monoisotopic (exact) mass is 485 g/mol. The van der Waals surface area contributed by atoms with Gasteiger partial charge in [-0.15, -0.1) is 0 Å². The largest absolute Gasteiger partial charge is 0.324 e. The smallest absolute Gasteiger partial charge is 0.323 e. The molecule has 3 N–H and O–H groups in total. The van der Waals surface area contributed by atoms with E-state index in [4.69, 9.17) is 23.2 Å². The van der Waals surface area contributed by atoms with Crippen molar-refractivity contribution in [2.24, 2.45) is 0 Å². The van der Waals surface area contributed by atoms with Crippen molar-refractivity contribution >= 4 is 63.1 Å². The molecule has 9 heteroatoms. The van der Waals surface area contributed by atoms with Crippen LogP contribution < -0.4 is 16.0 Å². The number of benzene rings is 2. The van der Waals surface area contributed by atoms with Crippen LogP contribution in [0.25, 0.3) is 10.9 Å². The van der Waals surface area contributed by atoms with Gasteiger partial charge in [0.25, 0.3) is 0 Å². The molecule has 0 atom stereocenters. The van der Waals surface area contributed by atoms with Gasteiger partial charge in [-0.25, -0.2) is 4.79 Å². The van der Waals surface area contributed by atoms with Crippen molar-refractivity contribution in [3.05, 3.63) is 58.2 Å². The first-order valence-corrected chi connectivity index (χ1v) is 11.6. The second-order valence-corrected chi connectivity index (χ2v) is 9.04. The molecule has 0 bridgehead atoms. The van der Waals surface area contributed by atoms with Gasteiger partial charge in [0, 0.05) is 32.5 Å². The minimum atomic E-state index is -0.441. The van der Waals surface area contributed by atoms with Crippen LogP contribution in [0.1, 0.15) is 25.0 Å². The lowest BCUT2D eigenvalue weighted by molar-refractivity contribution is -0.117. The maximum Gasteiger partial charge on any atom is 0.323 e. The summed E-state index contributed by atoms with van der Waals surface area (Å²) in [6, 6.07) is 11.6. The number of nitrogens with zero attached hydrogens (tertiary/aromatic N) is 2. The number of carbonyl (C=O) groups excluding carboxylic acids is 2. The summed E-state index contributed by atoms with van der Waals surface area (Å²) < 4.78 is 0. The van der Waals surface area contributed by atoms with Crippen LogP contribution in [0.4, 0.5) is 21.9 Å². The lowest BCUT2D eigenvalue weighted by atomic mass is 10.1. The molecule has 3 amide bonds. The first-order valence-electron chi connectivity index (χ1n) is 10.8.